The molecule has 1 saturated heterocycles. The van der Waals surface area contributed by atoms with Crippen LogP contribution in [-0.4, -0.2) is 72.6 Å². The molecule has 7 rings (SSSR count). The minimum absolute atomic E-state index is 0.0505. The van der Waals surface area contributed by atoms with Gasteiger partial charge in [0.15, 0.2) is 9.84 Å². The highest BCUT2D eigenvalue weighted by molar-refractivity contribution is 7.91. The van der Waals surface area contributed by atoms with E-state index in [4.69, 9.17) is 16.3 Å². The summed E-state index contributed by atoms with van der Waals surface area (Å²) in [6.45, 7) is 26.8. The molecule has 59 heavy (non-hydrogen) atoms. The van der Waals surface area contributed by atoms with Gasteiger partial charge in [0.05, 0.1) is 11.5 Å². The zero-order valence-corrected chi connectivity index (χ0v) is 38.5. The molecular weight excluding hydrogens is 778 g/mol. The number of carbonyl (C=O) groups is 1. The molecule has 1 aliphatic heterocycles. The Hall–Kier alpha value is -2.46. The zero-order valence-electron chi connectivity index (χ0n) is 36.9. The first-order chi connectivity index (χ1) is 27.8. The van der Waals surface area contributed by atoms with E-state index in [9.17, 15) is 18.3 Å². The van der Waals surface area contributed by atoms with Crippen LogP contribution in [0.2, 0.25) is 5.02 Å². The highest BCUT2D eigenvalue weighted by Crippen LogP contribution is 2.68. The molecule has 1 aromatic heterocycles. The van der Waals surface area contributed by atoms with Crippen molar-refractivity contribution in [3.8, 4) is 5.88 Å². The maximum Gasteiger partial charge on any atom is 0.317 e. The van der Waals surface area contributed by atoms with Crippen molar-refractivity contribution in [3.63, 3.8) is 0 Å². The van der Waals surface area contributed by atoms with E-state index in [0.717, 1.165) is 19.5 Å². The molecule has 6 aliphatic rings. The van der Waals surface area contributed by atoms with Gasteiger partial charge in [-0.3, -0.25) is 4.79 Å². The summed E-state index contributed by atoms with van der Waals surface area (Å²) in [4.78, 5) is 19.5. The van der Waals surface area contributed by atoms with Crippen LogP contribution in [0.5, 0.6) is 5.88 Å². The molecule has 3 saturated carbocycles. The Morgan fingerprint density at radius 1 is 0.983 bits per heavy atom. The molecule has 0 radical (unpaired) electrons. The van der Waals surface area contributed by atoms with Gasteiger partial charge in [-0.1, -0.05) is 83.5 Å². The molecule has 2 N–H and O–H groups in total. The van der Waals surface area contributed by atoms with E-state index in [-0.39, 0.29) is 44.9 Å². The van der Waals surface area contributed by atoms with E-state index in [1.165, 1.54) is 74.5 Å². The molecule has 2 unspecified atom stereocenters. The van der Waals surface area contributed by atoms with Crippen molar-refractivity contribution in [2.45, 2.75) is 131 Å². The molecule has 326 valence electrons. The van der Waals surface area contributed by atoms with Gasteiger partial charge in [0, 0.05) is 37.9 Å². The van der Waals surface area contributed by atoms with E-state index in [1.807, 2.05) is 0 Å². The van der Waals surface area contributed by atoms with Crippen LogP contribution in [0.15, 0.2) is 66.1 Å². The van der Waals surface area contributed by atoms with Gasteiger partial charge in [0.2, 0.25) is 5.88 Å². The first-order valence-corrected chi connectivity index (χ1v) is 24.9. The predicted molar refractivity (Wildman–Crippen MR) is 239 cm³/mol. The van der Waals surface area contributed by atoms with Crippen molar-refractivity contribution in [1.29, 1.82) is 0 Å². The molecule has 1 aromatic rings. The number of nitrogens with one attached hydrogen (secondary N) is 1. The third-order valence-electron chi connectivity index (χ3n) is 17.7. The number of ether oxygens (including phenoxy) is 1. The number of carboxylic acids is 1. The normalized spacial score (nSPS) is 38.4. The fraction of sp³-hybridized carbons (Fsp3) is 0.714. The van der Waals surface area contributed by atoms with Crippen molar-refractivity contribution < 1.29 is 23.1 Å². The van der Waals surface area contributed by atoms with Crippen LogP contribution < -0.4 is 10.1 Å². The number of hydrogen-bond acceptors (Lipinski definition) is 7. The van der Waals surface area contributed by atoms with Crippen molar-refractivity contribution in [3.05, 3.63) is 71.1 Å². The largest absolute Gasteiger partial charge is 0.480 e. The van der Waals surface area contributed by atoms with Gasteiger partial charge < -0.3 is 20.1 Å². The number of aliphatic carboxylic acids is 1. The quantitative estimate of drug-likeness (QED) is 0.177. The fourth-order valence-corrected chi connectivity index (χ4v) is 15.4. The molecule has 0 spiro atoms. The number of aromatic nitrogens is 1. The standard InChI is InChI=1S/C49H72ClN3O5S/c1-33(2)37-17-25-49(52-27-28-53-29-31-59(56,57)32-30-53)24-14-34(3)46(7)21-19-41-45(5,6)38(18-20-47(41,8)42(46)13-9-11-39(37)49)36-15-22-48(23-16-36,44(54)55)35(4)58-43-40(50)12-10-26-51-43/h10,12,15,18,26,34,37,39,41-42,52H,1,4,9,11,13-14,16-17,19-25,27-32H2,2-3,5-8H3,(H,54,55)/t34-,37+,39+,41?,42+,46+,47+,48+,49?/m1/s1. The van der Waals surface area contributed by atoms with Gasteiger partial charge in [0.25, 0.3) is 0 Å². The Labute approximate surface area is 360 Å². The van der Waals surface area contributed by atoms with Crippen molar-refractivity contribution in [2.24, 2.45) is 51.2 Å². The Bertz CT molecular complexity index is 1960. The molecule has 0 aromatic carbocycles. The lowest BCUT2D eigenvalue weighted by molar-refractivity contribution is -0.148. The predicted octanol–water partition coefficient (Wildman–Crippen LogP) is 10.5. The molecule has 0 amide bonds. The molecule has 0 bridgehead atoms. The van der Waals surface area contributed by atoms with Crippen LogP contribution in [0.4, 0.5) is 0 Å². The maximum absolute atomic E-state index is 12.9. The highest BCUT2D eigenvalue weighted by atomic mass is 35.5. The Morgan fingerprint density at radius 2 is 1.71 bits per heavy atom. The van der Waals surface area contributed by atoms with Crippen LogP contribution in [0, 0.1) is 51.2 Å². The number of halogens is 1. The van der Waals surface area contributed by atoms with E-state index in [0.29, 0.717) is 67.0 Å². The lowest BCUT2D eigenvalue weighted by Gasteiger charge is -2.64. The van der Waals surface area contributed by atoms with Crippen LogP contribution in [0.1, 0.15) is 125 Å². The number of carboxylic acid groups (broad SMARTS) is 1. The van der Waals surface area contributed by atoms with Crippen LogP contribution in [0.3, 0.4) is 0 Å². The number of nitrogens with zero attached hydrogens (tertiary/aromatic N) is 2. The molecular formula is C49H72ClN3O5S. The van der Waals surface area contributed by atoms with Crippen LogP contribution in [0.25, 0.3) is 0 Å². The number of allylic oxidation sites excluding steroid dienone is 5. The van der Waals surface area contributed by atoms with Crippen molar-refractivity contribution >= 4 is 27.4 Å². The molecule has 2 heterocycles. The molecule has 5 aliphatic carbocycles. The molecule has 10 heteroatoms. The van der Waals surface area contributed by atoms with E-state index in [1.54, 1.807) is 18.3 Å². The Morgan fingerprint density at radius 3 is 2.37 bits per heavy atom. The van der Waals surface area contributed by atoms with E-state index in [2.05, 4.69) is 82.1 Å². The summed E-state index contributed by atoms with van der Waals surface area (Å²) in [5.41, 5.74) is 3.24. The van der Waals surface area contributed by atoms with Crippen LogP contribution in [-0.2, 0) is 14.6 Å². The number of hydrogen-bond donors (Lipinski definition) is 2. The SMILES string of the molecule is C=C(C)[C@@H]1CCC2(NCCN3CCS(=O)(=O)CC3)CC[C@@H](C)[C@]3(C)CCC4C(C)(C)C(C5=CC[C@](C(=C)Oc6ncccc6Cl)(C(=O)O)CC5)=CC[C@]4(C)[C@H]3CCC[C@@H]12. The summed E-state index contributed by atoms with van der Waals surface area (Å²) in [5, 5.41) is 15.1. The second kappa shape index (κ2) is 16.7. The summed E-state index contributed by atoms with van der Waals surface area (Å²) in [6, 6.07) is 3.40. The zero-order chi connectivity index (χ0) is 42.6. The van der Waals surface area contributed by atoms with Gasteiger partial charge in [-0.15, -0.1) is 0 Å². The third-order valence-corrected chi connectivity index (χ3v) is 19.5. The number of pyridine rings is 1. The van der Waals surface area contributed by atoms with Gasteiger partial charge in [-0.05, 0) is 153 Å². The van der Waals surface area contributed by atoms with Gasteiger partial charge in [-0.2, -0.15) is 0 Å². The fourth-order valence-electron chi connectivity index (χ4n) is 14.0. The van der Waals surface area contributed by atoms with Crippen molar-refractivity contribution in [1.82, 2.24) is 15.2 Å². The summed E-state index contributed by atoms with van der Waals surface area (Å²) >= 11 is 6.32. The lowest BCUT2D eigenvalue weighted by Crippen LogP contribution is -2.57. The molecule has 4 fully saturated rings. The second-order valence-corrected chi connectivity index (χ2v) is 23.6. The highest BCUT2D eigenvalue weighted by Gasteiger charge is 2.61. The number of fused-ring (bicyclic) bond motifs is 4. The van der Waals surface area contributed by atoms with Gasteiger partial charge in [0.1, 0.15) is 16.2 Å². The second-order valence-electron chi connectivity index (χ2n) is 20.9. The average Bonchev–Trinajstić information content (AvgIpc) is 3.54. The average molecular weight is 851 g/mol. The van der Waals surface area contributed by atoms with E-state index >= 15 is 0 Å². The summed E-state index contributed by atoms with van der Waals surface area (Å²) < 4.78 is 30.1. The summed E-state index contributed by atoms with van der Waals surface area (Å²) in [6.07, 6.45) is 19.7. The Kier molecular flexibility index (Phi) is 12.6. The number of sulfone groups is 1. The maximum atomic E-state index is 12.9. The first-order valence-electron chi connectivity index (χ1n) is 22.7. The number of rotatable bonds is 10. The molecule has 9 atom stereocenters. The minimum atomic E-state index is -2.88. The molecule has 8 nitrogen and oxygen atoms in total. The van der Waals surface area contributed by atoms with Gasteiger partial charge >= 0.3 is 5.97 Å². The third kappa shape index (κ3) is 8.18. The first kappa shape index (κ1) is 44.6. The Balaban J connectivity index is 1.10. The van der Waals surface area contributed by atoms with E-state index < -0.39 is 21.2 Å². The summed E-state index contributed by atoms with van der Waals surface area (Å²) in [5.74, 6) is 2.84. The van der Waals surface area contributed by atoms with Gasteiger partial charge in [-0.25, -0.2) is 13.4 Å². The lowest BCUT2D eigenvalue weighted by atomic mass is 9.40. The minimum Gasteiger partial charge on any atom is -0.480 e. The van der Waals surface area contributed by atoms with Crippen molar-refractivity contribution in [2.75, 3.05) is 37.7 Å². The topological polar surface area (TPSA) is 109 Å². The monoisotopic (exact) mass is 849 g/mol. The van der Waals surface area contributed by atoms with Crippen LogP contribution >= 0.6 is 11.6 Å². The smallest absolute Gasteiger partial charge is 0.317 e. The summed E-state index contributed by atoms with van der Waals surface area (Å²) in [7, 11) is -2.88.